The van der Waals surface area contributed by atoms with Gasteiger partial charge in [-0.1, -0.05) is 35.9 Å². The van der Waals surface area contributed by atoms with E-state index in [-0.39, 0.29) is 0 Å². The third kappa shape index (κ3) is 2.22. The highest BCUT2D eigenvalue weighted by molar-refractivity contribution is 6.35. The Hall–Kier alpha value is -2.51. The first-order chi connectivity index (χ1) is 10.1. The molecular weight excluding hydrogens is 286 g/mol. The van der Waals surface area contributed by atoms with E-state index in [1.807, 2.05) is 24.3 Å². The van der Waals surface area contributed by atoms with Crippen LogP contribution in [0, 0.1) is 18.3 Å². The topological polar surface area (TPSA) is 50.8 Å². The Morgan fingerprint density at radius 2 is 1.90 bits per heavy atom. The van der Waals surface area contributed by atoms with E-state index in [0.717, 1.165) is 10.8 Å². The third-order valence-corrected chi connectivity index (χ3v) is 3.65. The average Bonchev–Trinajstić information content (AvgIpc) is 2.76. The van der Waals surface area contributed by atoms with Crippen LogP contribution >= 0.6 is 11.6 Å². The van der Waals surface area contributed by atoms with Gasteiger partial charge in [0.2, 0.25) is 5.88 Å². The lowest BCUT2D eigenvalue weighted by Crippen LogP contribution is -1.96. The zero-order valence-electron chi connectivity index (χ0n) is 11.6. The van der Waals surface area contributed by atoms with Crippen LogP contribution in [-0.2, 0) is 7.05 Å². The van der Waals surface area contributed by atoms with Crippen molar-refractivity contribution in [3.63, 3.8) is 0 Å². The van der Waals surface area contributed by atoms with E-state index in [1.54, 1.807) is 30.8 Å². The fourth-order valence-electron chi connectivity index (χ4n) is 2.31. The van der Waals surface area contributed by atoms with Gasteiger partial charge in [-0.15, -0.1) is 0 Å². The summed E-state index contributed by atoms with van der Waals surface area (Å²) in [7, 11) is 1.75. The number of hydrogen-bond donors (Lipinski definition) is 0. The molecule has 0 aliphatic heterocycles. The van der Waals surface area contributed by atoms with Crippen molar-refractivity contribution in [2.24, 2.45) is 7.05 Å². The summed E-state index contributed by atoms with van der Waals surface area (Å²) in [4.78, 5) is 0. The third-order valence-electron chi connectivity index (χ3n) is 3.32. The average molecular weight is 298 g/mol. The Bertz CT molecular complexity index is 877. The number of nitrogens with zero attached hydrogens (tertiary/aromatic N) is 3. The molecule has 21 heavy (non-hydrogen) atoms. The molecule has 1 aromatic heterocycles. The monoisotopic (exact) mass is 297 g/mol. The maximum atomic E-state index is 9.24. The lowest BCUT2D eigenvalue weighted by Gasteiger charge is -2.10. The maximum Gasteiger partial charge on any atom is 0.235 e. The molecule has 0 fully saturated rings. The Balaban J connectivity index is 2.16. The first-order valence-electron chi connectivity index (χ1n) is 6.40. The molecule has 0 radical (unpaired) electrons. The molecule has 0 bridgehead atoms. The molecule has 0 aliphatic carbocycles. The Kier molecular flexibility index (Phi) is 3.28. The minimum atomic E-state index is 0.433. The number of nitriles is 1. The molecule has 5 heteroatoms. The minimum absolute atomic E-state index is 0.433. The van der Waals surface area contributed by atoms with Gasteiger partial charge in [0.25, 0.3) is 0 Å². The van der Waals surface area contributed by atoms with Gasteiger partial charge in [0.05, 0.1) is 5.69 Å². The lowest BCUT2D eigenvalue weighted by molar-refractivity contribution is 0.434. The van der Waals surface area contributed by atoms with E-state index in [2.05, 4.69) is 11.2 Å². The molecule has 3 aromatic rings. The molecule has 0 saturated heterocycles. The fourth-order valence-corrected chi connectivity index (χ4v) is 2.54. The van der Waals surface area contributed by atoms with Crippen molar-refractivity contribution in [3.05, 3.63) is 52.7 Å². The fraction of sp³-hybridized carbons (Fsp3) is 0.125. The van der Waals surface area contributed by atoms with Crippen LogP contribution in [0.3, 0.4) is 0 Å². The smallest absolute Gasteiger partial charge is 0.235 e. The van der Waals surface area contributed by atoms with Gasteiger partial charge in [-0.2, -0.15) is 10.4 Å². The second kappa shape index (κ2) is 5.12. The number of aryl methyl sites for hydroxylation is 2. The normalized spacial score (nSPS) is 10.6. The van der Waals surface area contributed by atoms with Crippen molar-refractivity contribution in [2.75, 3.05) is 0 Å². The van der Waals surface area contributed by atoms with E-state index < -0.39 is 0 Å². The predicted molar refractivity (Wildman–Crippen MR) is 81.7 cm³/mol. The summed E-state index contributed by atoms with van der Waals surface area (Å²) in [5.74, 6) is 1.08. The molecule has 2 aromatic carbocycles. The molecule has 3 rings (SSSR count). The highest BCUT2D eigenvalue weighted by Gasteiger charge is 2.16. The van der Waals surface area contributed by atoms with Gasteiger partial charge in [-0.05, 0) is 19.1 Å². The predicted octanol–water partition coefficient (Wildman–Crippen LogP) is 4.20. The van der Waals surface area contributed by atoms with Gasteiger partial charge in [0.1, 0.15) is 17.4 Å². The van der Waals surface area contributed by atoms with Crippen LogP contribution in [0.1, 0.15) is 11.3 Å². The van der Waals surface area contributed by atoms with Crippen LogP contribution < -0.4 is 4.74 Å². The molecule has 1 heterocycles. The zero-order valence-corrected chi connectivity index (χ0v) is 12.3. The lowest BCUT2D eigenvalue weighted by atomic mass is 10.1. The van der Waals surface area contributed by atoms with Gasteiger partial charge in [-0.3, -0.25) is 0 Å². The Morgan fingerprint density at radius 1 is 1.19 bits per heavy atom. The molecule has 104 valence electrons. The van der Waals surface area contributed by atoms with Gasteiger partial charge in [-0.25, -0.2) is 4.68 Å². The van der Waals surface area contributed by atoms with Crippen LogP contribution in [0.25, 0.3) is 10.8 Å². The minimum Gasteiger partial charge on any atom is -0.437 e. The summed E-state index contributed by atoms with van der Waals surface area (Å²) in [6, 6.07) is 13.4. The van der Waals surface area contributed by atoms with Crippen molar-refractivity contribution in [2.45, 2.75) is 6.92 Å². The van der Waals surface area contributed by atoms with Gasteiger partial charge in [0, 0.05) is 22.8 Å². The summed E-state index contributed by atoms with van der Waals surface area (Å²) in [6.07, 6.45) is 0. The van der Waals surface area contributed by atoms with Crippen LogP contribution in [0.2, 0.25) is 5.02 Å². The second-order valence-electron chi connectivity index (χ2n) is 4.69. The van der Waals surface area contributed by atoms with Crippen molar-refractivity contribution in [3.8, 4) is 17.7 Å². The summed E-state index contributed by atoms with van der Waals surface area (Å²) in [5.41, 5.74) is 1.09. The van der Waals surface area contributed by atoms with Crippen molar-refractivity contribution in [1.29, 1.82) is 5.26 Å². The molecule has 0 spiro atoms. The standard InChI is InChI=1S/C16H12ClN3O/c1-10-13(9-18)16(20(2)19-10)21-15-8-7-14(17)11-5-3-4-6-12(11)15/h3-8H,1-2H3. The summed E-state index contributed by atoms with van der Waals surface area (Å²) >= 11 is 6.20. The molecule has 0 aliphatic rings. The molecular formula is C16H12ClN3O. The van der Waals surface area contributed by atoms with E-state index >= 15 is 0 Å². The van der Waals surface area contributed by atoms with Gasteiger partial charge >= 0.3 is 0 Å². The van der Waals surface area contributed by atoms with Crippen LogP contribution in [0.4, 0.5) is 0 Å². The first-order valence-corrected chi connectivity index (χ1v) is 6.78. The van der Waals surface area contributed by atoms with Crippen LogP contribution in [0.5, 0.6) is 11.6 Å². The van der Waals surface area contributed by atoms with Crippen LogP contribution in [0.15, 0.2) is 36.4 Å². The number of aromatic nitrogens is 2. The number of hydrogen-bond acceptors (Lipinski definition) is 3. The molecule has 0 saturated carbocycles. The van der Waals surface area contributed by atoms with Crippen molar-refractivity contribution < 1.29 is 4.74 Å². The second-order valence-corrected chi connectivity index (χ2v) is 5.10. The number of halogens is 1. The van der Waals surface area contributed by atoms with Crippen molar-refractivity contribution >= 4 is 22.4 Å². The zero-order chi connectivity index (χ0) is 15.0. The van der Waals surface area contributed by atoms with Gasteiger partial charge < -0.3 is 4.74 Å². The molecule has 0 atom stereocenters. The van der Waals surface area contributed by atoms with E-state index in [1.165, 1.54) is 0 Å². The highest BCUT2D eigenvalue weighted by atomic mass is 35.5. The molecule has 0 N–H and O–H groups in total. The number of benzene rings is 2. The SMILES string of the molecule is Cc1nn(C)c(Oc2ccc(Cl)c3ccccc23)c1C#N. The van der Waals surface area contributed by atoms with Gasteiger partial charge in [0.15, 0.2) is 0 Å². The molecule has 0 unspecified atom stereocenters. The number of ether oxygens (including phenoxy) is 1. The number of fused-ring (bicyclic) bond motifs is 1. The summed E-state index contributed by atoms with van der Waals surface area (Å²) in [5, 5.41) is 15.9. The quantitative estimate of drug-likeness (QED) is 0.712. The molecule has 4 nitrogen and oxygen atoms in total. The largest absolute Gasteiger partial charge is 0.437 e. The Labute approximate surface area is 127 Å². The maximum absolute atomic E-state index is 9.24. The summed E-state index contributed by atoms with van der Waals surface area (Å²) in [6.45, 7) is 1.78. The van der Waals surface area contributed by atoms with E-state index in [9.17, 15) is 5.26 Å². The first kappa shape index (κ1) is 13.5. The Morgan fingerprint density at radius 3 is 2.62 bits per heavy atom. The number of rotatable bonds is 2. The van der Waals surface area contributed by atoms with E-state index in [4.69, 9.17) is 16.3 Å². The van der Waals surface area contributed by atoms with Crippen LogP contribution in [-0.4, -0.2) is 9.78 Å². The van der Waals surface area contributed by atoms with Crippen molar-refractivity contribution in [1.82, 2.24) is 9.78 Å². The molecule has 0 amide bonds. The highest BCUT2D eigenvalue weighted by Crippen LogP contribution is 2.35. The van der Waals surface area contributed by atoms with E-state index in [0.29, 0.717) is 27.9 Å². The summed E-state index contributed by atoms with van der Waals surface area (Å²) < 4.78 is 7.51.